The van der Waals surface area contributed by atoms with Crippen molar-refractivity contribution in [2.24, 2.45) is 0 Å². The summed E-state index contributed by atoms with van der Waals surface area (Å²) in [6.45, 7) is 1.74. The van der Waals surface area contributed by atoms with Crippen LogP contribution in [0.15, 0.2) is 69.2 Å². The number of hydrogen-bond donors (Lipinski definition) is 1. The summed E-state index contributed by atoms with van der Waals surface area (Å²) in [7, 11) is 0. The van der Waals surface area contributed by atoms with Gasteiger partial charge in [-0.15, -0.1) is 0 Å². The number of carbonyl (C=O) groups is 2. The SMILES string of the molecule is O=C(Cc1cc(=O)[nH]c(SCc2ccccc2)n1)N1CCN(C(=O)c2ccco2)CC1. The van der Waals surface area contributed by atoms with Crippen LogP contribution in [-0.4, -0.2) is 57.8 Å². The number of nitrogens with zero attached hydrogens (tertiary/aromatic N) is 3. The lowest BCUT2D eigenvalue weighted by Gasteiger charge is -2.34. The average Bonchev–Trinajstić information content (AvgIpc) is 3.33. The first-order valence-corrected chi connectivity index (χ1v) is 10.9. The number of thioether (sulfide) groups is 1. The highest BCUT2D eigenvalue weighted by atomic mass is 32.2. The second-order valence-electron chi connectivity index (χ2n) is 7.14. The van der Waals surface area contributed by atoms with E-state index >= 15 is 0 Å². The fraction of sp³-hybridized carbons (Fsp3) is 0.273. The van der Waals surface area contributed by atoms with Crippen LogP contribution in [0.2, 0.25) is 0 Å². The fourth-order valence-electron chi connectivity index (χ4n) is 3.35. The molecule has 2 amide bonds. The minimum absolute atomic E-state index is 0.0505. The molecule has 0 bridgehead atoms. The van der Waals surface area contributed by atoms with E-state index in [4.69, 9.17) is 4.42 Å². The molecule has 3 aromatic rings. The summed E-state index contributed by atoms with van der Waals surface area (Å²) in [5, 5.41) is 0.494. The minimum atomic E-state index is -0.276. The number of aromatic amines is 1. The average molecular weight is 439 g/mol. The van der Waals surface area contributed by atoms with Crippen molar-refractivity contribution in [1.29, 1.82) is 0 Å². The Labute approximate surface area is 183 Å². The summed E-state index contributed by atoms with van der Waals surface area (Å²) >= 11 is 1.42. The molecule has 1 aliphatic heterocycles. The Kier molecular flexibility index (Phi) is 6.51. The summed E-state index contributed by atoms with van der Waals surface area (Å²) in [6.07, 6.45) is 1.52. The van der Waals surface area contributed by atoms with E-state index in [1.165, 1.54) is 24.1 Å². The Balaban J connectivity index is 1.33. The van der Waals surface area contributed by atoms with Gasteiger partial charge in [-0.1, -0.05) is 42.1 Å². The highest BCUT2D eigenvalue weighted by molar-refractivity contribution is 7.98. The quantitative estimate of drug-likeness (QED) is 0.468. The lowest BCUT2D eigenvalue weighted by molar-refractivity contribution is -0.132. The van der Waals surface area contributed by atoms with Crippen molar-refractivity contribution in [2.45, 2.75) is 17.3 Å². The molecule has 8 nitrogen and oxygen atoms in total. The van der Waals surface area contributed by atoms with Crippen molar-refractivity contribution in [3.8, 4) is 0 Å². The van der Waals surface area contributed by atoms with E-state index in [0.717, 1.165) is 5.56 Å². The van der Waals surface area contributed by atoms with E-state index in [-0.39, 0.29) is 23.8 Å². The molecule has 0 radical (unpaired) electrons. The number of benzene rings is 1. The van der Waals surface area contributed by atoms with Crippen molar-refractivity contribution < 1.29 is 14.0 Å². The molecule has 160 valence electrons. The molecular formula is C22H22N4O4S. The largest absolute Gasteiger partial charge is 0.459 e. The van der Waals surface area contributed by atoms with Crippen LogP contribution in [-0.2, 0) is 17.0 Å². The molecule has 0 spiro atoms. The molecule has 1 fully saturated rings. The van der Waals surface area contributed by atoms with E-state index in [0.29, 0.717) is 48.5 Å². The van der Waals surface area contributed by atoms with Crippen molar-refractivity contribution in [3.63, 3.8) is 0 Å². The van der Waals surface area contributed by atoms with Crippen molar-refractivity contribution in [3.05, 3.63) is 82.2 Å². The molecule has 31 heavy (non-hydrogen) atoms. The highest BCUT2D eigenvalue weighted by Gasteiger charge is 2.26. The van der Waals surface area contributed by atoms with E-state index in [2.05, 4.69) is 9.97 Å². The van der Waals surface area contributed by atoms with Gasteiger partial charge in [-0.05, 0) is 17.7 Å². The predicted octanol–water partition coefficient (Wildman–Crippen LogP) is 2.18. The number of rotatable bonds is 6. The van der Waals surface area contributed by atoms with E-state index in [1.54, 1.807) is 21.9 Å². The minimum Gasteiger partial charge on any atom is -0.459 e. The number of H-pyrrole nitrogens is 1. The van der Waals surface area contributed by atoms with Gasteiger partial charge in [-0.2, -0.15) is 0 Å². The van der Waals surface area contributed by atoms with Crippen LogP contribution < -0.4 is 5.56 Å². The van der Waals surface area contributed by atoms with Gasteiger partial charge in [0.15, 0.2) is 10.9 Å². The molecule has 3 heterocycles. The molecule has 0 unspecified atom stereocenters. The van der Waals surface area contributed by atoms with Crippen LogP contribution in [0.5, 0.6) is 0 Å². The predicted molar refractivity (Wildman–Crippen MR) is 116 cm³/mol. The highest BCUT2D eigenvalue weighted by Crippen LogP contribution is 2.18. The van der Waals surface area contributed by atoms with Gasteiger partial charge in [0.2, 0.25) is 5.91 Å². The number of carbonyl (C=O) groups excluding carboxylic acids is 2. The first-order chi connectivity index (χ1) is 15.1. The molecule has 0 aliphatic carbocycles. The molecule has 0 saturated carbocycles. The maximum Gasteiger partial charge on any atom is 0.289 e. The van der Waals surface area contributed by atoms with Gasteiger partial charge in [0, 0.05) is 38.0 Å². The van der Waals surface area contributed by atoms with Crippen molar-refractivity contribution in [2.75, 3.05) is 26.2 Å². The Hall–Kier alpha value is -3.33. The molecular weight excluding hydrogens is 416 g/mol. The van der Waals surface area contributed by atoms with Crippen LogP contribution in [0.25, 0.3) is 0 Å². The zero-order valence-electron chi connectivity index (χ0n) is 16.8. The van der Waals surface area contributed by atoms with Gasteiger partial charge >= 0.3 is 0 Å². The molecule has 1 aliphatic rings. The monoisotopic (exact) mass is 438 g/mol. The van der Waals surface area contributed by atoms with Gasteiger partial charge in [0.25, 0.3) is 11.5 Å². The van der Waals surface area contributed by atoms with Crippen molar-refractivity contribution in [1.82, 2.24) is 19.8 Å². The van der Waals surface area contributed by atoms with Gasteiger partial charge in [-0.25, -0.2) is 4.98 Å². The van der Waals surface area contributed by atoms with Gasteiger partial charge in [-0.3, -0.25) is 14.4 Å². The maximum atomic E-state index is 12.7. The molecule has 9 heteroatoms. The molecule has 1 N–H and O–H groups in total. The third-order valence-electron chi connectivity index (χ3n) is 4.98. The molecule has 2 aromatic heterocycles. The molecule has 0 atom stereocenters. The smallest absolute Gasteiger partial charge is 0.289 e. The second-order valence-corrected chi connectivity index (χ2v) is 8.11. The zero-order valence-corrected chi connectivity index (χ0v) is 17.6. The number of amides is 2. The Morgan fingerprint density at radius 3 is 2.48 bits per heavy atom. The number of aromatic nitrogens is 2. The zero-order chi connectivity index (χ0) is 21.6. The maximum absolute atomic E-state index is 12.7. The van der Waals surface area contributed by atoms with Crippen LogP contribution in [0.1, 0.15) is 21.8 Å². The topological polar surface area (TPSA) is 99.5 Å². The van der Waals surface area contributed by atoms with E-state index in [9.17, 15) is 14.4 Å². The first kappa shape index (κ1) is 20.9. The van der Waals surface area contributed by atoms with Crippen LogP contribution in [0.4, 0.5) is 0 Å². The summed E-state index contributed by atoms with van der Waals surface area (Å²) in [6, 6.07) is 14.6. The normalized spacial score (nSPS) is 13.9. The van der Waals surface area contributed by atoms with Crippen LogP contribution >= 0.6 is 11.8 Å². The molecule has 1 aromatic carbocycles. The Morgan fingerprint density at radius 2 is 1.77 bits per heavy atom. The third kappa shape index (κ3) is 5.43. The van der Waals surface area contributed by atoms with Gasteiger partial charge in [0.05, 0.1) is 18.4 Å². The standard InChI is InChI=1S/C22H22N4O4S/c27-19-13-17(23-22(24-19)31-15-16-5-2-1-3-6-16)14-20(28)25-8-10-26(11-9-25)21(29)18-7-4-12-30-18/h1-7,12-13H,8-11,14-15H2,(H,23,24,27). The Bertz CT molecular complexity index is 1090. The number of hydrogen-bond acceptors (Lipinski definition) is 6. The lowest BCUT2D eigenvalue weighted by atomic mass is 10.2. The van der Waals surface area contributed by atoms with E-state index < -0.39 is 0 Å². The van der Waals surface area contributed by atoms with E-state index in [1.807, 2.05) is 30.3 Å². The first-order valence-electron chi connectivity index (χ1n) is 9.96. The molecule has 1 saturated heterocycles. The summed E-state index contributed by atoms with van der Waals surface area (Å²) in [4.78, 5) is 47.6. The molecule has 4 rings (SSSR count). The number of piperazine rings is 1. The summed E-state index contributed by atoms with van der Waals surface area (Å²) in [5.74, 6) is 0.691. The van der Waals surface area contributed by atoms with Gasteiger partial charge < -0.3 is 19.2 Å². The summed E-state index contributed by atoms with van der Waals surface area (Å²) in [5.41, 5.74) is 1.29. The second kappa shape index (κ2) is 9.65. The lowest BCUT2D eigenvalue weighted by Crippen LogP contribution is -2.51. The number of nitrogens with one attached hydrogen (secondary N) is 1. The fourth-order valence-corrected chi connectivity index (χ4v) is 4.20. The van der Waals surface area contributed by atoms with Crippen LogP contribution in [0, 0.1) is 0 Å². The number of furan rings is 1. The van der Waals surface area contributed by atoms with Crippen LogP contribution in [0.3, 0.4) is 0 Å². The van der Waals surface area contributed by atoms with Crippen molar-refractivity contribution >= 4 is 23.6 Å². The summed E-state index contributed by atoms with van der Waals surface area (Å²) < 4.78 is 5.16. The third-order valence-corrected chi connectivity index (χ3v) is 5.92. The Morgan fingerprint density at radius 1 is 1.03 bits per heavy atom. The van der Waals surface area contributed by atoms with Gasteiger partial charge in [0.1, 0.15) is 0 Å².